The normalized spacial score (nSPS) is 21.9. The first-order valence-corrected chi connectivity index (χ1v) is 7.02. The van der Waals surface area contributed by atoms with E-state index in [2.05, 4.69) is 5.32 Å². The monoisotopic (exact) mass is 269 g/mol. The van der Waals surface area contributed by atoms with Gasteiger partial charge < -0.3 is 11.1 Å². The Labute approximate surface area is 118 Å². The second-order valence-electron chi connectivity index (χ2n) is 5.37. The van der Waals surface area contributed by atoms with Crippen molar-refractivity contribution in [2.24, 2.45) is 5.73 Å². The van der Waals surface area contributed by atoms with Crippen LogP contribution >= 0.6 is 0 Å². The molecule has 0 radical (unpaired) electrons. The number of hydrogen-bond donors (Lipinski definition) is 2. The summed E-state index contributed by atoms with van der Waals surface area (Å²) >= 11 is 0. The summed E-state index contributed by atoms with van der Waals surface area (Å²) in [5.74, 6) is 0. The van der Waals surface area contributed by atoms with Gasteiger partial charge in [-0.05, 0) is 49.6 Å². The number of rotatable bonds is 3. The number of hydrogen-bond acceptors (Lipinski definition) is 3. The molecule has 1 aliphatic rings. The van der Waals surface area contributed by atoms with E-state index >= 15 is 0 Å². The highest BCUT2D eigenvalue weighted by Crippen LogP contribution is 2.22. The molecule has 2 aromatic rings. The van der Waals surface area contributed by atoms with Gasteiger partial charge in [0.2, 0.25) is 0 Å². The number of benzene rings is 1. The predicted octanol–water partition coefficient (Wildman–Crippen LogP) is 2.13. The van der Waals surface area contributed by atoms with Crippen molar-refractivity contribution in [3.8, 4) is 5.69 Å². The number of aromatic nitrogens is 1. The van der Waals surface area contributed by atoms with Gasteiger partial charge >= 0.3 is 0 Å². The van der Waals surface area contributed by atoms with Crippen molar-refractivity contribution in [1.29, 1.82) is 0 Å². The van der Waals surface area contributed by atoms with Gasteiger partial charge in [-0.2, -0.15) is 0 Å². The molecule has 3 rings (SSSR count). The Kier molecular flexibility index (Phi) is 3.56. The van der Waals surface area contributed by atoms with Crippen LogP contribution in [0.2, 0.25) is 0 Å². The Hall–Kier alpha value is -2.07. The molecule has 0 spiro atoms. The summed E-state index contributed by atoms with van der Waals surface area (Å²) in [6, 6.07) is 13.9. The number of pyridine rings is 1. The Morgan fingerprint density at radius 1 is 1.10 bits per heavy atom. The average molecular weight is 269 g/mol. The molecule has 104 valence electrons. The van der Waals surface area contributed by atoms with E-state index in [0.29, 0.717) is 12.1 Å². The molecule has 1 heterocycles. The molecule has 0 saturated heterocycles. The minimum Gasteiger partial charge on any atom is -0.382 e. The summed E-state index contributed by atoms with van der Waals surface area (Å²) < 4.78 is 1.63. The van der Waals surface area contributed by atoms with Crippen LogP contribution in [0.3, 0.4) is 0 Å². The van der Waals surface area contributed by atoms with Crippen LogP contribution in [0.25, 0.3) is 5.69 Å². The van der Waals surface area contributed by atoms with Crippen molar-refractivity contribution in [1.82, 2.24) is 4.57 Å². The molecule has 1 aromatic heterocycles. The van der Waals surface area contributed by atoms with Crippen molar-refractivity contribution in [3.05, 3.63) is 59.0 Å². The van der Waals surface area contributed by atoms with E-state index in [0.717, 1.165) is 30.6 Å². The summed E-state index contributed by atoms with van der Waals surface area (Å²) in [7, 11) is 0. The summed E-state index contributed by atoms with van der Waals surface area (Å²) in [5, 5.41) is 3.50. The van der Waals surface area contributed by atoms with Crippen LogP contribution in [0, 0.1) is 0 Å². The third-order valence-corrected chi connectivity index (χ3v) is 3.81. The van der Waals surface area contributed by atoms with Crippen molar-refractivity contribution in [3.63, 3.8) is 0 Å². The van der Waals surface area contributed by atoms with Crippen molar-refractivity contribution in [2.45, 2.75) is 31.3 Å². The lowest BCUT2D eigenvalue weighted by Gasteiger charge is -2.14. The van der Waals surface area contributed by atoms with Gasteiger partial charge in [0.1, 0.15) is 0 Å². The minimum atomic E-state index is -0.0185. The van der Waals surface area contributed by atoms with Crippen LogP contribution in [0.5, 0.6) is 0 Å². The average Bonchev–Trinajstić information content (AvgIpc) is 2.86. The first-order valence-electron chi connectivity index (χ1n) is 7.02. The highest BCUT2D eigenvalue weighted by Gasteiger charge is 2.21. The van der Waals surface area contributed by atoms with E-state index < -0.39 is 0 Å². The predicted molar refractivity (Wildman–Crippen MR) is 81.3 cm³/mol. The Bertz CT molecular complexity index is 633. The number of nitrogens with zero attached hydrogens (tertiary/aromatic N) is 1. The standard InChI is InChI=1S/C16H19N3O/c17-12-4-5-14(11-12)18-13-6-8-15(9-7-13)19-10-2-1-3-16(19)20/h1-3,6-10,12,14,18H,4-5,11,17H2/t12-,14-/m0/s1. The summed E-state index contributed by atoms with van der Waals surface area (Å²) in [4.78, 5) is 11.8. The number of nitrogens with one attached hydrogen (secondary N) is 1. The minimum absolute atomic E-state index is 0.0185. The van der Waals surface area contributed by atoms with Gasteiger partial charge in [-0.25, -0.2) is 0 Å². The lowest BCUT2D eigenvalue weighted by atomic mass is 10.2. The lowest BCUT2D eigenvalue weighted by molar-refractivity contribution is 0.688. The van der Waals surface area contributed by atoms with Crippen LogP contribution in [0.4, 0.5) is 5.69 Å². The summed E-state index contributed by atoms with van der Waals surface area (Å²) in [6.45, 7) is 0. The quantitative estimate of drug-likeness (QED) is 0.897. The van der Waals surface area contributed by atoms with Crippen molar-refractivity contribution in [2.75, 3.05) is 5.32 Å². The molecule has 1 saturated carbocycles. The zero-order valence-corrected chi connectivity index (χ0v) is 11.3. The lowest BCUT2D eigenvalue weighted by Crippen LogP contribution is -2.20. The number of nitrogens with two attached hydrogens (primary N) is 1. The van der Waals surface area contributed by atoms with E-state index in [1.165, 1.54) is 0 Å². The molecular weight excluding hydrogens is 250 g/mol. The maximum absolute atomic E-state index is 11.8. The fourth-order valence-electron chi connectivity index (χ4n) is 2.74. The molecule has 2 atom stereocenters. The van der Waals surface area contributed by atoms with Gasteiger partial charge in [-0.15, -0.1) is 0 Å². The smallest absolute Gasteiger partial charge is 0.255 e. The topological polar surface area (TPSA) is 60.0 Å². The molecule has 1 fully saturated rings. The summed E-state index contributed by atoms with van der Waals surface area (Å²) in [6.07, 6.45) is 5.02. The van der Waals surface area contributed by atoms with E-state index in [9.17, 15) is 4.79 Å². The first kappa shape index (κ1) is 12.9. The van der Waals surface area contributed by atoms with E-state index in [4.69, 9.17) is 5.73 Å². The van der Waals surface area contributed by atoms with Crippen molar-refractivity contribution >= 4 is 5.69 Å². The van der Waals surface area contributed by atoms with Crippen LogP contribution in [-0.4, -0.2) is 16.7 Å². The largest absolute Gasteiger partial charge is 0.382 e. The van der Waals surface area contributed by atoms with Gasteiger partial charge in [0.15, 0.2) is 0 Å². The zero-order chi connectivity index (χ0) is 13.9. The van der Waals surface area contributed by atoms with Gasteiger partial charge in [-0.1, -0.05) is 6.07 Å². The van der Waals surface area contributed by atoms with E-state index in [1.807, 2.05) is 30.3 Å². The molecule has 0 unspecified atom stereocenters. The zero-order valence-electron chi connectivity index (χ0n) is 11.3. The second kappa shape index (κ2) is 5.51. The van der Waals surface area contributed by atoms with Gasteiger partial charge in [0.25, 0.3) is 5.56 Å². The van der Waals surface area contributed by atoms with E-state index in [1.54, 1.807) is 22.9 Å². The third kappa shape index (κ3) is 2.75. The highest BCUT2D eigenvalue weighted by molar-refractivity contribution is 5.49. The molecule has 20 heavy (non-hydrogen) atoms. The third-order valence-electron chi connectivity index (χ3n) is 3.81. The van der Waals surface area contributed by atoms with Gasteiger partial charge in [0, 0.05) is 35.7 Å². The maximum atomic E-state index is 11.8. The van der Waals surface area contributed by atoms with Crippen LogP contribution in [-0.2, 0) is 0 Å². The van der Waals surface area contributed by atoms with Crippen LogP contribution < -0.4 is 16.6 Å². The van der Waals surface area contributed by atoms with Crippen LogP contribution in [0.1, 0.15) is 19.3 Å². The Balaban J connectivity index is 1.75. The summed E-state index contributed by atoms with van der Waals surface area (Å²) in [5.41, 5.74) is 7.86. The Morgan fingerprint density at radius 3 is 2.55 bits per heavy atom. The molecule has 3 N–H and O–H groups in total. The first-order chi connectivity index (χ1) is 9.72. The Morgan fingerprint density at radius 2 is 1.90 bits per heavy atom. The molecular formula is C16H19N3O. The molecule has 0 bridgehead atoms. The molecule has 0 aliphatic heterocycles. The molecule has 4 nitrogen and oxygen atoms in total. The molecule has 1 aromatic carbocycles. The van der Waals surface area contributed by atoms with Crippen LogP contribution in [0.15, 0.2) is 53.5 Å². The van der Waals surface area contributed by atoms with E-state index in [-0.39, 0.29) is 5.56 Å². The van der Waals surface area contributed by atoms with Gasteiger partial charge in [-0.3, -0.25) is 9.36 Å². The molecule has 1 aliphatic carbocycles. The van der Waals surface area contributed by atoms with Gasteiger partial charge in [0.05, 0.1) is 0 Å². The van der Waals surface area contributed by atoms with Crippen molar-refractivity contribution < 1.29 is 0 Å². The fraction of sp³-hybridized carbons (Fsp3) is 0.312. The fourth-order valence-corrected chi connectivity index (χ4v) is 2.74. The SMILES string of the molecule is N[C@H]1CC[C@H](Nc2ccc(-n3ccccc3=O)cc2)C1. The maximum Gasteiger partial charge on any atom is 0.255 e. The molecule has 0 amide bonds. The number of anilines is 1. The molecule has 4 heteroatoms. The highest BCUT2D eigenvalue weighted by atomic mass is 16.1. The second-order valence-corrected chi connectivity index (χ2v) is 5.37.